The minimum atomic E-state index is -0.0641. The fourth-order valence-electron chi connectivity index (χ4n) is 3.99. The largest absolute Gasteiger partial charge is 0.469 e. The van der Waals surface area contributed by atoms with Crippen LogP contribution in [0.3, 0.4) is 0 Å². The zero-order chi connectivity index (χ0) is 15.0. The number of piperidine rings is 1. The number of benzene rings is 1. The number of esters is 1. The molecule has 1 N–H and O–H groups in total. The van der Waals surface area contributed by atoms with Crippen molar-refractivity contribution in [2.24, 2.45) is 5.92 Å². The molecule has 2 aliphatic heterocycles. The lowest BCUT2D eigenvalue weighted by Gasteiger charge is -2.36. The molecule has 2 fully saturated rings. The van der Waals surface area contributed by atoms with Crippen LogP contribution in [-0.2, 0) is 9.53 Å². The molecule has 0 amide bonds. The maximum absolute atomic E-state index is 12.3. The molecule has 4 atom stereocenters. The quantitative estimate of drug-likeness (QED) is 0.862. The van der Waals surface area contributed by atoms with Crippen molar-refractivity contribution in [2.75, 3.05) is 7.11 Å². The molecule has 0 aromatic heterocycles. The Hall–Kier alpha value is -1.35. The Morgan fingerprint density at radius 1 is 1.23 bits per heavy atom. The molecule has 2 unspecified atom stereocenters. The van der Waals surface area contributed by atoms with Gasteiger partial charge in [0.2, 0.25) is 0 Å². The highest BCUT2D eigenvalue weighted by molar-refractivity contribution is 5.75. The average Bonchev–Trinajstić information content (AvgIpc) is 2.88. The highest BCUT2D eigenvalue weighted by Crippen LogP contribution is 2.42. The summed E-state index contributed by atoms with van der Waals surface area (Å²) in [6.45, 7) is 4.41. The van der Waals surface area contributed by atoms with Gasteiger partial charge in [-0.25, -0.2) is 0 Å². The van der Waals surface area contributed by atoms with E-state index in [1.165, 1.54) is 24.7 Å². The lowest BCUT2D eigenvalue weighted by molar-refractivity contribution is -0.148. The van der Waals surface area contributed by atoms with Crippen molar-refractivity contribution in [2.45, 2.75) is 64.5 Å². The lowest BCUT2D eigenvalue weighted by atomic mass is 9.76. The SMILES string of the molecule is C.COC(=O)C1C2CC[C@H](C[C@@H]1c1ccc(C(C)C)cc1)N2. The van der Waals surface area contributed by atoms with E-state index >= 15 is 0 Å². The Labute approximate surface area is 134 Å². The number of nitrogens with one attached hydrogen (secondary N) is 1. The van der Waals surface area contributed by atoms with E-state index in [4.69, 9.17) is 4.74 Å². The summed E-state index contributed by atoms with van der Waals surface area (Å²) in [5, 5.41) is 3.58. The molecule has 2 heterocycles. The molecule has 0 aliphatic carbocycles. The maximum atomic E-state index is 12.3. The number of hydrogen-bond donors (Lipinski definition) is 1. The average molecular weight is 303 g/mol. The predicted molar refractivity (Wildman–Crippen MR) is 90.1 cm³/mol. The molecule has 3 rings (SSSR count). The van der Waals surface area contributed by atoms with Crippen LogP contribution in [0, 0.1) is 5.92 Å². The van der Waals surface area contributed by atoms with E-state index in [0.29, 0.717) is 12.0 Å². The van der Waals surface area contributed by atoms with E-state index in [1.807, 2.05) is 0 Å². The summed E-state index contributed by atoms with van der Waals surface area (Å²) in [5.41, 5.74) is 2.64. The Kier molecular flexibility index (Phi) is 5.28. The number of fused-ring (bicyclic) bond motifs is 2. The first-order chi connectivity index (χ1) is 10.1. The van der Waals surface area contributed by atoms with Gasteiger partial charge in [-0.2, -0.15) is 0 Å². The first kappa shape index (κ1) is 17.0. The highest BCUT2D eigenvalue weighted by atomic mass is 16.5. The molecular formula is C19H29NO2. The van der Waals surface area contributed by atoms with Crippen molar-refractivity contribution in [3.05, 3.63) is 35.4 Å². The summed E-state index contributed by atoms with van der Waals surface area (Å²) >= 11 is 0. The van der Waals surface area contributed by atoms with E-state index in [1.54, 1.807) is 0 Å². The normalized spacial score (nSPS) is 30.0. The van der Waals surface area contributed by atoms with Crippen molar-refractivity contribution < 1.29 is 9.53 Å². The molecule has 3 heteroatoms. The number of rotatable bonds is 3. The number of hydrogen-bond acceptors (Lipinski definition) is 3. The van der Waals surface area contributed by atoms with Gasteiger partial charge in [0.05, 0.1) is 13.0 Å². The second-order valence-corrected chi connectivity index (χ2v) is 6.76. The third-order valence-electron chi connectivity index (χ3n) is 5.19. The first-order valence-corrected chi connectivity index (χ1v) is 8.04. The van der Waals surface area contributed by atoms with Crippen molar-refractivity contribution in [3.63, 3.8) is 0 Å². The monoisotopic (exact) mass is 303 g/mol. The zero-order valence-electron chi connectivity index (χ0n) is 13.1. The van der Waals surface area contributed by atoms with Crippen molar-refractivity contribution in [1.82, 2.24) is 5.32 Å². The van der Waals surface area contributed by atoms with Crippen LogP contribution < -0.4 is 5.32 Å². The number of carbonyl (C=O) groups is 1. The summed E-state index contributed by atoms with van der Waals surface area (Å²) in [5.74, 6) is 0.724. The van der Waals surface area contributed by atoms with E-state index in [2.05, 4.69) is 43.4 Å². The second kappa shape index (κ2) is 6.82. The topological polar surface area (TPSA) is 38.3 Å². The van der Waals surface area contributed by atoms with Crippen molar-refractivity contribution >= 4 is 5.97 Å². The summed E-state index contributed by atoms with van der Waals surface area (Å²) in [6.07, 6.45) is 3.31. The standard InChI is InChI=1S/C18H25NO2.CH4/c1-11(2)12-4-6-13(7-5-12)15-10-14-8-9-16(19-14)17(15)18(20)21-3;/h4-7,11,14-17,19H,8-10H2,1-3H3;1H4/t14-,15-,16?,17?;/m1./s1. The minimum absolute atomic E-state index is 0. The Bertz CT molecular complexity index is 509. The van der Waals surface area contributed by atoms with Crippen LogP contribution in [0.15, 0.2) is 24.3 Å². The maximum Gasteiger partial charge on any atom is 0.310 e. The van der Waals surface area contributed by atoms with E-state index in [-0.39, 0.29) is 31.3 Å². The van der Waals surface area contributed by atoms with Crippen LogP contribution in [0.1, 0.15) is 63.5 Å². The molecule has 0 radical (unpaired) electrons. The van der Waals surface area contributed by atoms with Gasteiger partial charge in [0.1, 0.15) is 0 Å². The van der Waals surface area contributed by atoms with Crippen LogP contribution in [-0.4, -0.2) is 25.2 Å². The zero-order valence-corrected chi connectivity index (χ0v) is 13.1. The van der Waals surface area contributed by atoms with E-state index in [0.717, 1.165) is 12.8 Å². The second-order valence-electron chi connectivity index (χ2n) is 6.76. The summed E-state index contributed by atoms with van der Waals surface area (Å²) in [4.78, 5) is 12.3. The first-order valence-electron chi connectivity index (χ1n) is 8.04. The van der Waals surface area contributed by atoms with Crippen LogP contribution in [0.4, 0.5) is 0 Å². The van der Waals surface area contributed by atoms with Gasteiger partial charge in [0, 0.05) is 18.0 Å². The third kappa shape index (κ3) is 3.05. The summed E-state index contributed by atoms with van der Waals surface area (Å²) in [6, 6.07) is 9.68. The highest BCUT2D eigenvalue weighted by Gasteiger charge is 2.46. The number of carbonyl (C=O) groups excluding carboxylic acids is 1. The van der Waals surface area contributed by atoms with Crippen LogP contribution in [0.25, 0.3) is 0 Å². The Morgan fingerprint density at radius 2 is 1.91 bits per heavy atom. The molecule has 0 saturated carbocycles. The summed E-state index contributed by atoms with van der Waals surface area (Å²) in [7, 11) is 1.50. The van der Waals surface area contributed by atoms with Crippen molar-refractivity contribution in [1.29, 1.82) is 0 Å². The molecule has 22 heavy (non-hydrogen) atoms. The van der Waals surface area contributed by atoms with Gasteiger partial charge in [-0.1, -0.05) is 45.5 Å². The van der Waals surface area contributed by atoms with Crippen LogP contribution in [0.2, 0.25) is 0 Å². The number of methoxy groups -OCH3 is 1. The predicted octanol–water partition coefficient (Wildman–Crippen LogP) is 3.84. The molecule has 0 spiro atoms. The molecule has 2 saturated heterocycles. The van der Waals surface area contributed by atoms with Gasteiger partial charge in [-0.15, -0.1) is 0 Å². The molecular weight excluding hydrogens is 274 g/mol. The lowest BCUT2D eigenvalue weighted by Crippen LogP contribution is -2.48. The summed E-state index contributed by atoms with van der Waals surface area (Å²) < 4.78 is 5.08. The van der Waals surface area contributed by atoms with Gasteiger partial charge in [0.25, 0.3) is 0 Å². The fraction of sp³-hybridized carbons (Fsp3) is 0.632. The molecule has 3 nitrogen and oxygen atoms in total. The third-order valence-corrected chi connectivity index (χ3v) is 5.19. The van der Waals surface area contributed by atoms with Gasteiger partial charge >= 0.3 is 5.97 Å². The molecule has 2 bridgehead atoms. The van der Waals surface area contributed by atoms with Crippen LogP contribution >= 0.6 is 0 Å². The smallest absolute Gasteiger partial charge is 0.310 e. The van der Waals surface area contributed by atoms with Gasteiger partial charge < -0.3 is 10.1 Å². The molecule has 122 valence electrons. The van der Waals surface area contributed by atoms with E-state index in [9.17, 15) is 4.79 Å². The number of ether oxygens (including phenoxy) is 1. The van der Waals surface area contributed by atoms with Gasteiger partial charge in [-0.3, -0.25) is 4.79 Å². The van der Waals surface area contributed by atoms with Crippen LogP contribution in [0.5, 0.6) is 0 Å². The Balaban J connectivity index is 0.00000176. The minimum Gasteiger partial charge on any atom is -0.469 e. The van der Waals surface area contributed by atoms with E-state index < -0.39 is 0 Å². The van der Waals surface area contributed by atoms with Gasteiger partial charge in [-0.05, 0) is 36.3 Å². The van der Waals surface area contributed by atoms with Gasteiger partial charge in [0.15, 0.2) is 0 Å². The molecule has 1 aromatic rings. The molecule has 1 aromatic carbocycles. The molecule has 2 aliphatic rings. The Morgan fingerprint density at radius 3 is 2.50 bits per heavy atom. The fourth-order valence-corrected chi connectivity index (χ4v) is 3.99. The van der Waals surface area contributed by atoms with Crippen molar-refractivity contribution in [3.8, 4) is 0 Å².